The second-order valence-corrected chi connectivity index (χ2v) is 2.49. The molecule has 0 heteroatoms. The summed E-state index contributed by atoms with van der Waals surface area (Å²) in [5, 5.41) is 0. The van der Waals surface area contributed by atoms with Gasteiger partial charge in [0, 0.05) is 0 Å². The highest BCUT2D eigenvalue weighted by molar-refractivity contribution is 4.46. The van der Waals surface area contributed by atoms with Gasteiger partial charge in [-0.25, -0.2) is 0 Å². The smallest absolute Gasteiger partial charge is 0.0448 e. The molecule has 0 aliphatic carbocycles. The molecule has 0 nitrogen and oxygen atoms in total. The molecule has 0 aliphatic heterocycles. The zero-order valence-electron chi connectivity index (χ0n) is 10.6. The lowest BCUT2D eigenvalue weighted by Crippen LogP contribution is -1.95. The molecular formula is C12H30. The molecule has 0 rings (SSSR count). The Morgan fingerprint density at radius 2 is 0.667 bits per heavy atom. The lowest BCUT2D eigenvalue weighted by molar-refractivity contribution is 0.457. The molecule has 0 atom stereocenters. The van der Waals surface area contributed by atoms with Crippen molar-refractivity contribution < 1.29 is 0 Å². The van der Waals surface area contributed by atoms with Crippen LogP contribution in [0.25, 0.3) is 0 Å². The van der Waals surface area contributed by atoms with Crippen molar-refractivity contribution in [2.24, 2.45) is 11.8 Å². The quantitative estimate of drug-likeness (QED) is 0.482. The predicted octanol–water partition coefficient (Wildman–Crippen LogP) is 5.15. The van der Waals surface area contributed by atoms with Crippen molar-refractivity contribution in [2.45, 2.75) is 55.4 Å². The van der Waals surface area contributed by atoms with Crippen LogP contribution in [0.15, 0.2) is 13.2 Å². The van der Waals surface area contributed by atoms with Gasteiger partial charge in [-0.1, -0.05) is 55.4 Å². The maximum atomic E-state index is 3.00. The highest BCUT2D eigenvalue weighted by atomic mass is 14.0. The number of rotatable bonds is 1. The molecule has 0 saturated carbocycles. The first-order valence-electron chi connectivity index (χ1n) is 5.14. The number of hydrogen-bond donors (Lipinski definition) is 0. The second-order valence-electron chi connectivity index (χ2n) is 2.49. The number of hydrogen-bond acceptors (Lipinski definition) is 0. The fourth-order valence-electron chi connectivity index (χ4n) is 0. The zero-order chi connectivity index (χ0) is 11.2. The maximum Gasteiger partial charge on any atom is -0.0448 e. The summed E-state index contributed by atoms with van der Waals surface area (Å²) >= 11 is 0. The molecule has 0 spiro atoms. The summed E-state index contributed by atoms with van der Waals surface area (Å²) < 4.78 is 0. The summed E-state index contributed by atoms with van der Waals surface area (Å²) in [5.41, 5.74) is 0. The summed E-state index contributed by atoms with van der Waals surface area (Å²) in [7, 11) is 0. The Balaban J connectivity index is -0.0000000453. The van der Waals surface area contributed by atoms with Crippen LogP contribution in [0.2, 0.25) is 0 Å². The largest absolute Gasteiger partial charge is 0.106 e. The molecule has 0 saturated heterocycles. The standard InChI is InChI=1S/C6H14.2C2H6.C2H4/c1-5(2)6(3)4;3*1-2/h5-6H,1-4H3;2*1-2H3;1-2H2. The van der Waals surface area contributed by atoms with Crippen molar-refractivity contribution in [1.82, 2.24) is 0 Å². The first-order chi connectivity index (χ1) is 5.64. The van der Waals surface area contributed by atoms with E-state index in [4.69, 9.17) is 0 Å². The molecule has 0 bridgehead atoms. The Hall–Kier alpha value is -0.260. The molecule has 0 amide bonds. The Bertz CT molecular complexity index is 29.3. The summed E-state index contributed by atoms with van der Waals surface area (Å²) in [5.74, 6) is 1.70. The topological polar surface area (TPSA) is 0 Å². The minimum Gasteiger partial charge on any atom is -0.106 e. The second kappa shape index (κ2) is 30.9. The third-order valence-electron chi connectivity index (χ3n) is 1.33. The predicted molar refractivity (Wildman–Crippen MR) is 63.6 cm³/mol. The summed E-state index contributed by atoms with van der Waals surface area (Å²) in [6.45, 7) is 23.0. The molecule has 0 fully saturated rings. The van der Waals surface area contributed by atoms with Crippen LogP contribution in [0.1, 0.15) is 55.4 Å². The van der Waals surface area contributed by atoms with Crippen molar-refractivity contribution in [3.63, 3.8) is 0 Å². The van der Waals surface area contributed by atoms with E-state index in [1.54, 1.807) is 0 Å². The molecule has 0 aliphatic rings. The molecule has 0 aromatic heterocycles. The Labute approximate surface area is 81.1 Å². The van der Waals surface area contributed by atoms with E-state index in [0.717, 1.165) is 11.8 Å². The van der Waals surface area contributed by atoms with Gasteiger partial charge in [-0.15, -0.1) is 13.2 Å². The van der Waals surface area contributed by atoms with Crippen LogP contribution in [-0.4, -0.2) is 0 Å². The van der Waals surface area contributed by atoms with Gasteiger partial charge in [0.25, 0.3) is 0 Å². The van der Waals surface area contributed by atoms with Gasteiger partial charge < -0.3 is 0 Å². The SMILES string of the molecule is C=C.CC.CC.CC(C)C(C)C. The molecule has 78 valence electrons. The third-order valence-corrected chi connectivity index (χ3v) is 1.33. The monoisotopic (exact) mass is 174 g/mol. The fourth-order valence-corrected chi connectivity index (χ4v) is 0. The van der Waals surface area contributed by atoms with Crippen LogP contribution in [-0.2, 0) is 0 Å². The van der Waals surface area contributed by atoms with Crippen molar-refractivity contribution in [3.8, 4) is 0 Å². The van der Waals surface area contributed by atoms with Crippen LogP contribution >= 0.6 is 0 Å². The maximum absolute atomic E-state index is 3.00. The van der Waals surface area contributed by atoms with Crippen molar-refractivity contribution in [1.29, 1.82) is 0 Å². The summed E-state index contributed by atoms with van der Waals surface area (Å²) in [4.78, 5) is 0. The molecule has 0 unspecified atom stereocenters. The molecule has 0 aromatic carbocycles. The van der Waals surface area contributed by atoms with Crippen LogP contribution < -0.4 is 0 Å². The van der Waals surface area contributed by atoms with Gasteiger partial charge in [0.15, 0.2) is 0 Å². The van der Waals surface area contributed by atoms with Crippen molar-refractivity contribution >= 4 is 0 Å². The molecule has 0 heterocycles. The summed E-state index contributed by atoms with van der Waals surface area (Å²) in [6.07, 6.45) is 0. The van der Waals surface area contributed by atoms with Crippen molar-refractivity contribution in [3.05, 3.63) is 13.2 Å². The van der Waals surface area contributed by atoms with Gasteiger partial charge in [0.1, 0.15) is 0 Å². The zero-order valence-corrected chi connectivity index (χ0v) is 10.6. The molecule has 0 radical (unpaired) electrons. The first kappa shape index (κ1) is 22.6. The van der Waals surface area contributed by atoms with Crippen LogP contribution in [0.5, 0.6) is 0 Å². The van der Waals surface area contributed by atoms with Crippen LogP contribution in [0.4, 0.5) is 0 Å². The Morgan fingerprint density at radius 3 is 0.667 bits per heavy atom. The van der Waals surface area contributed by atoms with Gasteiger partial charge in [-0.05, 0) is 11.8 Å². The average molecular weight is 174 g/mol. The van der Waals surface area contributed by atoms with Crippen LogP contribution in [0.3, 0.4) is 0 Å². The van der Waals surface area contributed by atoms with Gasteiger partial charge in [0.2, 0.25) is 0 Å². The molecular weight excluding hydrogens is 144 g/mol. The lowest BCUT2D eigenvalue weighted by atomic mass is 10.0. The average Bonchev–Trinajstić information content (AvgIpc) is 2.14. The molecule has 12 heavy (non-hydrogen) atoms. The van der Waals surface area contributed by atoms with Gasteiger partial charge >= 0.3 is 0 Å². The van der Waals surface area contributed by atoms with E-state index in [1.807, 2.05) is 27.7 Å². The highest BCUT2D eigenvalue weighted by Gasteiger charge is 1.95. The van der Waals surface area contributed by atoms with E-state index in [2.05, 4.69) is 40.9 Å². The Kier molecular flexibility index (Phi) is 58.3. The van der Waals surface area contributed by atoms with Gasteiger partial charge in [-0.2, -0.15) is 0 Å². The van der Waals surface area contributed by atoms with E-state index in [0.29, 0.717) is 0 Å². The van der Waals surface area contributed by atoms with E-state index in [1.165, 1.54) is 0 Å². The fraction of sp³-hybridized carbons (Fsp3) is 0.833. The van der Waals surface area contributed by atoms with E-state index < -0.39 is 0 Å². The van der Waals surface area contributed by atoms with Gasteiger partial charge in [0.05, 0.1) is 0 Å². The van der Waals surface area contributed by atoms with Crippen LogP contribution in [0, 0.1) is 11.8 Å². The highest BCUT2D eigenvalue weighted by Crippen LogP contribution is 2.05. The first-order valence-corrected chi connectivity index (χ1v) is 5.14. The van der Waals surface area contributed by atoms with Crippen molar-refractivity contribution in [2.75, 3.05) is 0 Å². The normalized spacial score (nSPS) is 6.83. The van der Waals surface area contributed by atoms with E-state index >= 15 is 0 Å². The Morgan fingerprint density at radius 1 is 0.583 bits per heavy atom. The summed E-state index contributed by atoms with van der Waals surface area (Å²) in [6, 6.07) is 0. The van der Waals surface area contributed by atoms with Gasteiger partial charge in [-0.3, -0.25) is 0 Å². The van der Waals surface area contributed by atoms with E-state index in [-0.39, 0.29) is 0 Å². The minimum absolute atomic E-state index is 0.852. The van der Waals surface area contributed by atoms with E-state index in [9.17, 15) is 0 Å². The lowest BCUT2D eigenvalue weighted by Gasteiger charge is -2.05. The molecule has 0 N–H and O–H groups in total. The molecule has 0 aromatic rings. The third kappa shape index (κ3) is 53.2. The minimum atomic E-state index is 0.852.